The molecule has 1 atom stereocenters. The van der Waals surface area contributed by atoms with Crippen molar-refractivity contribution in [1.29, 1.82) is 0 Å². The van der Waals surface area contributed by atoms with Crippen LogP contribution in [-0.4, -0.2) is 28.6 Å². The Hall–Kier alpha value is -0.930. The topological polar surface area (TPSA) is 23.5 Å². The fraction of sp³-hybridized carbons (Fsp3) is 0.600. The van der Waals surface area contributed by atoms with Crippen LogP contribution >= 0.6 is 0 Å². The molecular weight excluding hydrogens is 229 g/mol. The summed E-state index contributed by atoms with van der Waals surface area (Å²) in [5.74, 6) is -0.258. The minimum Gasteiger partial charge on any atom is -0.388 e. The lowest BCUT2D eigenvalue weighted by atomic mass is 10.0. The molecule has 1 heterocycles. The molecule has 1 aliphatic heterocycles. The second-order valence-electron chi connectivity index (χ2n) is 5.76. The van der Waals surface area contributed by atoms with Gasteiger partial charge in [0, 0.05) is 12.1 Å². The van der Waals surface area contributed by atoms with Gasteiger partial charge in [-0.1, -0.05) is 12.1 Å². The molecule has 0 spiro atoms. The lowest BCUT2D eigenvalue weighted by Crippen LogP contribution is -2.39. The van der Waals surface area contributed by atoms with Gasteiger partial charge in [0.25, 0.3) is 0 Å². The average molecular weight is 251 g/mol. The lowest BCUT2D eigenvalue weighted by Gasteiger charge is -2.32. The lowest BCUT2D eigenvalue weighted by molar-refractivity contribution is 0.115. The molecule has 0 saturated carbocycles. The van der Waals surface area contributed by atoms with E-state index in [1.165, 1.54) is 25.0 Å². The van der Waals surface area contributed by atoms with Crippen LogP contribution in [0.15, 0.2) is 24.3 Å². The van der Waals surface area contributed by atoms with Gasteiger partial charge < -0.3 is 5.11 Å². The highest BCUT2D eigenvalue weighted by atomic mass is 19.1. The second-order valence-corrected chi connectivity index (χ2v) is 5.76. The van der Waals surface area contributed by atoms with E-state index < -0.39 is 6.10 Å². The molecule has 1 aromatic carbocycles. The van der Waals surface area contributed by atoms with Crippen molar-refractivity contribution in [3.05, 3.63) is 35.6 Å². The third-order valence-electron chi connectivity index (χ3n) is 4.00. The van der Waals surface area contributed by atoms with Gasteiger partial charge in [0.2, 0.25) is 0 Å². The van der Waals surface area contributed by atoms with Gasteiger partial charge in [-0.25, -0.2) is 4.39 Å². The molecule has 0 bridgehead atoms. The summed E-state index contributed by atoms with van der Waals surface area (Å²) in [5.41, 5.74) is 1.05. The largest absolute Gasteiger partial charge is 0.388 e. The third-order valence-corrected chi connectivity index (χ3v) is 4.00. The highest BCUT2D eigenvalue weighted by molar-refractivity contribution is 5.18. The predicted octanol–water partition coefficient (Wildman–Crippen LogP) is 3.12. The number of likely N-dealkylation sites (tertiary alicyclic amines) is 1. The normalized spacial score (nSPS) is 21.1. The Balaban J connectivity index is 1.88. The van der Waals surface area contributed by atoms with Crippen molar-refractivity contribution in [2.45, 2.75) is 44.8 Å². The molecule has 0 aliphatic carbocycles. The number of hydrogen-bond acceptors (Lipinski definition) is 2. The highest BCUT2D eigenvalue weighted by Crippen LogP contribution is 2.29. The van der Waals surface area contributed by atoms with E-state index in [0.29, 0.717) is 6.42 Å². The summed E-state index contributed by atoms with van der Waals surface area (Å²) in [6.07, 6.45) is 2.66. The molecule has 0 amide bonds. The summed E-state index contributed by atoms with van der Waals surface area (Å²) in [5, 5.41) is 10.1. The summed E-state index contributed by atoms with van der Waals surface area (Å²) >= 11 is 0. The Morgan fingerprint density at radius 3 is 2.56 bits per heavy atom. The zero-order valence-electron chi connectivity index (χ0n) is 11.2. The van der Waals surface area contributed by atoms with Crippen LogP contribution < -0.4 is 0 Å². The van der Waals surface area contributed by atoms with Crippen molar-refractivity contribution in [1.82, 2.24) is 4.90 Å². The predicted molar refractivity (Wildman–Crippen MR) is 70.9 cm³/mol. The van der Waals surface area contributed by atoms with Gasteiger partial charge in [-0.05, 0) is 57.4 Å². The van der Waals surface area contributed by atoms with Gasteiger partial charge >= 0.3 is 0 Å². The van der Waals surface area contributed by atoms with Crippen LogP contribution in [0.25, 0.3) is 0 Å². The average Bonchev–Trinajstić information content (AvgIpc) is 2.66. The molecule has 1 saturated heterocycles. The maximum atomic E-state index is 12.8. The van der Waals surface area contributed by atoms with Gasteiger partial charge in [-0.3, -0.25) is 4.90 Å². The standard InChI is InChI=1S/C15H22FNO/c1-15(2)9-3-10-17(15)11-8-14(18)12-4-6-13(16)7-5-12/h4-7,14,18H,3,8-11H2,1-2H3. The number of nitrogens with zero attached hydrogens (tertiary/aromatic N) is 1. The number of hydrogen-bond donors (Lipinski definition) is 1. The number of aliphatic hydroxyl groups is 1. The Kier molecular flexibility index (Phi) is 4.03. The maximum Gasteiger partial charge on any atom is 0.123 e. The smallest absolute Gasteiger partial charge is 0.123 e. The van der Waals surface area contributed by atoms with Crippen LogP contribution in [0, 0.1) is 5.82 Å². The van der Waals surface area contributed by atoms with Crippen molar-refractivity contribution in [2.75, 3.05) is 13.1 Å². The van der Waals surface area contributed by atoms with Crippen LogP contribution in [-0.2, 0) is 0 Å². The van der Waals surface area contributed by atoms with Crippen molar-refractivity contribution in [2.24, 2.45) is 0 Å². The first-order valence-corrected chi connectivity index (χ1v) is 6.68. The summed E-state index contributed by atoms with van der Waals surface area (Å²) in [7, 11) is 0. The number of benzene rings is 1. The van der Waals surface area contributed by atoms with Crippen LogP contribution in [0.4, 0.5) is 4.39 Å². The van der Waals surface area contributed by atoms with Gasteiger partial charge in [0.1, 0.15) is 5.82 Å². The molecule has 1 unspecified atom stereocenters. The first-order chi connectivity index (χ1) is 8.49. The number of halogens is 1. The molecule has 3 heteroatoms. The zero-order chi connectivity index (χ0) is 13.2. The third kappa shape index (κ3) is 3.09. The van der Waals surface area contributed by atoms with Gasteiger partial charge in [-0.2, -0.15) is 0 Å². The van der Waals surface area contributed by atoms with Gasteiger partial charge in [-0.15, -0.1) is 0 Å². The molecule has 2 nitrogen and oxygen atoms in total. The molecule has 0 radical (unpaired) electrons. The summed E-state index contributed by atoms with van der Waals surface area (Å²) < 4.78 is 12.8. The summed E-state index contributed by atoms with van der Waals surface area (Å²) in [4.78, 5) is 2.43. The van der Waals surface area contributed by atoms with Crippen molar-refractivity contribution in [3.8, 4) is 0 Å². The van der Waals surface area contributed by atoms with Crippen LogP contribution in [0.1, 0.15) is 44.8 Å². The summed E-state index contributed by atoms with van der Waals surface area (Å²) in [6.45, 7) is 6.52. The van der Waals surface area contributed by atoms with Crippen molar-refractivity contribution in [3.63, 3.8) is 0 Å². The van der Waals surface area contributed by atoms with Crippen LogP contribution in [0.3, 0.4) is 0 Å². The van der Waals surface area contributed by atoms with E-state index in [0.717, 1.165) is 18.7 Å². The molecule has 1 aromatic rings. The Morgan fingerprint density at radius 1 is 1.33 bits per heavy atom. The summed E-state index contributed by atoms with van der Waals surface area (Å²) in [6, 6.07) is 6.13. The van der Waals surface area contributed by atoms with E-state index in [1.807, 2.05) is 0 Å². The highest BCUT2D eigenvalue weighted by Gasteiger charge is 2.31. The monoisotopic (exact) mass is 251 g/mol. The van der Waals surface area contributed by atoms with Crippen LogP contribution in [0.2, 0.25) is 0 Å². The van der Waals surface area contributed by atoms with Crippen molar-refractivity contribution < 1.29 is 9.50 Å². The molecule has 0 aromatic heterocycles. The fourth-order valence-electron chi connectivity index (χ4n) is 2.71. The number of aliphatic hydroxyl groups excluding tert-OH is 1. The molecule has 18 heavy (non-hydrogen) atoms. The number of rotatable bonds is 4. The Bertz CT molecular complexity index is 388. The van der Waals surface area contributed by atoms with Crippen LogP contribution in [0.5, 0.6) is 0 Å². The zero-order valence-corrected chi connectivity index (χ0v) is 11.2. The SMILES string of the molecule is CC1(C)CCCN1CCC(O)c1ccc(F)cc1. The maximum absolute atomic E-state index is 12.8. The first-order valence-electron chi connectivity index (χ1n) is 6.68. The second kappa shape index (κ2) is 5.37. The minimum absolute atomic E-state index is 0.252. The quantitative estimate of drug-likeness (QED) is 0.888. The minimum atomic E-state index is -0.498. The molecule has 2 rings (SSSR count). The molecule has 1 N–H and O–H groups in total. The van der Waals surface area contributed by atoms with Gasteiger partial charge in [0.05, 0.1) is 6.10 Å². The van der Waals surface area contributed by atoms with E-state index in [-0.39, 0.29) is 11.4 Å². The molecule has 1 fully saturated rings. The van der Waals surface area contributed by atoms with E-state index >= 15 is 0 Å². The van der Waals surface area contributed by atoms with E-state index in [4.69, 9.17) is 0 Å². The first kappa shape index (κ1) is 13.5. The fourth-order valence-corrected chi connectivity index (χ4v) is 2.71. The molecule has 1 aliphatic rings. The van der Waals surface area contributed by atoms with E-state index in [9.17, 15) is 9.50 Å². The molecular formula is C15H22FNO. The Morgan fingerprint density at radius 2 is 2.00 bits per heavy atom. The van der Waals surface area contributed by atoms with E-state index in [2.05, 4.69) is 18.7 Å². The van der Waals surface area contributed by atoms with Gasteiger partial charge in [0.15, 0.2) is 0 Å². The van der Waals surface area contributed by atoms with E-state index in [1.54, 1.807) is 12.1 Å². The molecule has 100 valence electrons. The van der Waals surface area contributed by atoms with Crippen molar-refractivity contribution >= 4 is 0 Å². The Labute approximate surface area is 108 Å².